The molecule has 0 radical (unpaired) electrons. The van der Waals surface area contributed by atoms with Gasteiger partial charge < -0.3 is 15.1 Å². The number of nitro groups is 1. The van der Waals surface area contributed by atoms with Crippen LogP contribution in [0, 0.1) is 22.9 Å². The molecule has 3 rings (SSSR count). The smallest absolute Gasteiger partial charge is 0.279 e. The van der Waals surface area contributed by atoms with Crippen molar-refractivity contribution in [3.8, 4) is 0 Å². The van der Waals surface area contributed by atoms with Gasteiger partial charge in [0.25, 0.3) is 11.6 Å². The average Bonchev–Trinajstić information content (AvgIpc) is 2.64. The van der Waals surface area contributed by atoms with E-state index in [0.717, 1.165) is 18.0 Å². The molecular weight excluding hydrogens is 351 g/mol. The summed E-state index contributed by atoms with van der Waals surface area (Å²) in [5.74, 6) is -0.367. The van der Waals surface area contributed by atoms with E-state index < -0.39 is 4.92 Å². The molecule has 1 saturated heterocycles. The molecule has 2 N–H and O–H groups in total. The normalized spacial score (nSPS) is 14.8. The summed E-state index contributed by atoms with van der Waals surface area (Å²) in [7, 11) is 0. The summed E-state index contributed by atoms with van der Waals surface area (Å²) in [6.07, 6.45) is 0. The lowest BCUT2D eigenvalue weighted by molar-refractivity contribution is -0.892. The van der Waals surface area contributed by atoms with E-state index in [1.165, 1.54) is 18.2 Å². The molecule has 0 saturated carbocycles. The molecule has 1 amide bonds. The van der Waals surface area contributed by atoms with Crippen LogP contribution in [0.15, 0.2) is 42.5 Å². The molecule has 7 nitrogen and oxygen atoms in total. The number of carbonyl (C=O) groups excluding carboxylic acids is 1. The molecule has 1 heterocycles. The molecule has 2 aromatic rings. The van der Waals surface area contributed by atoms with Crippen LogP contribution in [0.5, 0.6) is 0 Å². The van der Waals surface area contributed by atoms with Crippen molar-refractivity contribution in [3.05, 3.63) is 64.0 Å². The molecule has 0 spiro atoms. The van der Waals surface area contributed by atoms with Gasteiger partial charge in [-0.2, -0.15) is 0 Å². The average molecular weight is 373 g/mol. The second-order valence-electron chi connectivity index (χ2n) is 6.67. The molecule has 8 heteroatoms. The number of para-hydroxylation sites is 1. The maximum atomic E-state index is 13.9. The summed E-state index contributed by atoms with van der Waals surface area (Å²) in [5, 5.41) is 13.6. The van der Waals surface area contributed by atoms with Crippen LogP contribution in [0.4, 0.5) is 21.5 Å². The van der Waals surface area contributed by atoms with Gasteiger partial charge in [0.2, 0.25) is 0 Å². The lowest BCUT2D eigenvalue weighted by Gasteiger charge is -2.33. The van der Waals surface area contributed by atoms with Crippen molar-refractivity contribution in [3.63, 3.8) is 0 Å². The number of carbonyl (C=O) groups is 1. The van der Waals surface area contributed by atoms with E-state index in [4.69, 9.17) is 0 Å². The van der Waals surface area contributed by atoms with Gasteiger partial charge in [-0.05, 0) is 30.7 Å². The van der Waals surface area contributed by atoms with Gasteiger partial charge in [0, 0.05) is 17.8 Å². The quantitative estimate of drug-likeness (QED) is 0.613. The van der Waals surface area contributed by atoms with Gasteiger partial charge in [-0.1, -0.05) is 12.1 Å². The van der Waals surface area contributed by atoms with Gasteiger partial charge in [-0.15, -0.1) is 0 Å². The van der Waals surface area contributed by atoms with E-state index in [9.17, 15) is 19.3 Å². The molecule has 1 aliphatic rings. The predicted octanol–water partition coefficient (Wildman–Crippen LogP) is 1.39. The fourth-order valence-electron chi connectivity index (χ4n) is 3.27. The maximum Gasteiger partial charge on any atom is 0.279 e. The minimum absolute atomic E-state index is 0.000361. The molecule has 0 aliphatic carbocycles. The van der Waals surface area contributed by atoms with Crippen LogP contribution in [0.3, 0.4) is 0 Å². The van der Waals surface area contributed by atoms with Crippen molar-refractivity contribution in [2.45, 2.75) is 6.92 Å². The van der Waals surface area contributed by atoms with Crippen LogP contribution in [0.1, 0.15) is 5.56 Å². The zero-order valence-corrected chi connectivity index (χ0v) is 15.1. The highest BCUT2D eigenvalue weighted by molar-refractivity contribution is 5.92. The molecule has 0 bridgehead atoms. The molecular formula is C19H22FN4O3+. The number of quaternary nitrogens is 1. The topological polar surface area (TPSA) is 79.9 Å². The number of hydrogen-bond donors (Lipinski definition) is 2. The number of hydrogen-bond acceptors (Lipinski definition) is 4. The first-order valence-corrected chi connectivity index (χ1v) is 8.82. The number of benzene rings is 2. The molecule has 0 aromatic heterocycles. The number of piperazine rings is 1. The van der Waals surface area contributed by atoms with E-state index in [1.807, 2.05) is 11.0 Å². The number of aryl methyl sites for hydroxylation is 1. The number of anilines is 2. The summed E-state index contributed by atoms with van der Waals surface area (Å²) in [6, 6.07) is 11.1. The predicted molar refractivity (Wildman–Crippen MR) is 101 cm³/mol. The summed E-state index contributed by atoms with van der Waals surface area (Å²) in [4.78, 5) is 25.8. The standard InChI is InChI=1S/C19H21FN4O3/c1-14-12-15(24(26)27)6-7-17(14)21-19(25)13-22-8-10-23(11-9-22)18-5-3-2-4-16(18)20/h2-7,12H,8-11,13H2,1H3,(H,21,25)/p+1. The van der Waals surface area contributed by atoms with E-state index in [-0.39, 0.29) is 17.4 Å². The first kappa shape index (κ1) is 18.8. The number of halogens is 1. The summed E-state index contributed by atoms with van der Waals surface area (Å²) in [5.41, 5.74) is 1.83. The minimum Gasteiger partial charge on any atom is -0.358 e. The van der Waals surface area contributed by atoms with Crippen LogP contribution < -0.4 is 15.1 Å². The third kappa shape index (κ3) is 4.59. The molecule has 0 atom stereocenters. The van der Waals surface area contributed by atoms with E-state index in [0.29, 0.717) is 36.6 Å². The van der Waals surface area contributed by atoms with Crippen LogP contribution in [-0.2, 0) is 4.79 Å². The fraction of sp³-hybridized carbons (Fsp3) is 0.316. The molecule has 0 unspecified atom stereocenters. The Kier molecular flexibility index (Phi) is 5.66. The first-order valence-electron chi connectivity index (χ1n) is 8.82. The lowest BCUT2D eigenvalue weighted by atomic mass is 10.2. The Morgan fingerprint density at radius 1 is 1.26 bits per heavy atom. The Morgan fingerprint density at radius 2 is 1.96 bits per heavy atom. The Hall–Kier alpha value is -3.00. The van der Waals surface area contributed by atoms with Gasteiger partial charge in [0.15, 0.2) is 6.54 Å². The van der Waals surface area contributed by atoms with Gasteiger partial charge in [0.05, 0.1) is 36.8 Å². The monoisotopic (exact) mass is 373 g/mol. The van der Waals surface area contributed by atoms with Gasteiger partial charge in [0.1, 0.15) is 5.82 Å². The summed E-state index contributed by atoms with van der Waals surface area (Å²) in [6.45, 7) is 4.87. The van der Waals surface area contributed by atoms with Gasteiger partial charge >= 0.3 is 0 Å². The number of nitrogens with zero attached hydrogens (tertiary/aromatic N) is 2. The number of nitrogens with one attached hydrogen (secondary N) is 2. The Morgan fingerprint density at radius 3 is 2.59 bits per heavy atom. The second-order valence-corrected chi connectivity index (χ2v) is 6.67. The maximum absolute atomic E-state index is 13.9. The highest BCUT2D eigenvalue weighted by Crippen LogP contribution is 2.21. The van der Waals surface area contributed by atoms with E-state index in [1.54, 1.807) is 25.1 Å². The van der Waals surface area contributed by atoms with E-state index >= 15 is 0 Å². The zero-order chi connectivity index (χ0) is 19.4. The van der Waals surface area contributed by atoms with Crippen LogP contribution >= 0.6 is 0 Å². The van der Waals surface area contributed by atoms with Gasteiger partial charge in [-0.25, -0.2) is 4.39 Å². The van der Waals surface area contributed by atoms with Crippen LogP contribution in [0.2, 0.25) is 0 Å². The molecule has 1 aliphatic heterocycles. The van der Waals surface area contributed by atoms with Crippen molar-refractivity contribution in [2.75, 3.05) is 42.9 Å². The minimum atomic E-state index is -0.461. The number of nitro benzene ring substituents is 1. The van der Waals surface area contributed by atoms with Crippen LogP contribution in [-0.4, -0.2) is 43.6 Å². The zero-order valence-electron chi connectivity index (χ0n) is 15.1. The van der Waals surface area contributed by atoms with Crippen molar-refractivity contribution in [1.29, 1.82) is 0 Å². The largest absolute Gasteiger partial charge is 0.358 e. The number of non-ortho nitro benzene ring substituents is 1. The molecule has 2 aromatic carbocycles. The first-order chi connectivity index (χ1) is 12.9. The summed E-state index contributed by atoms with van der Waals surface area (Å²) >= 11 is 0. The highest BCUT2D eigenvalue weighted by Gasteiger charge is 2.24. The van der Waals surface area contributed by atoms with Crippen LogP contribution in [0.25, 0.3) is 0 Å². The number of rotatable bonds is 5. The van der Waals surface area contributed by atoms with Crippen molar-refractivity contribution in [1.82, 2.24) is 0 Å². The van der Waals surface area contributed by atoms with Gasteiger partial charge in [-0.3, -0.25) is 14.9 Å². The Bertz CT molecular complexity index is 851. The van der Waals surface area contributed by atoms with Crippen molar-refractivity contribution in [2.24, 2.45) is 0 Å². The third-order valence-electron chi connectivity index (χ3n) is 4.77. The third-order valence-corrected chi connectivity index (χ3v) is 4.77. The van der Waals surface area contributed by atoms with Crippen molar-refractivity contribution < 1.29 is 19.0 Å². The molecule has 27 heavy (non-hydrogen) atoms. The SMILES string of the molecule is Cc1cc([N+](=O)[O-])ccc1NC(=O)C[NH+]1CCN(c2ccccc2F)CC1. The molecule has 142 valence electrons. The van der Waals surface area contributed by atoms with E-state index in [2.05, 4.69) is 5.32 Å². The Labute approximate surface area is 156 Å². The fourth-order valence-corrected chi connectivity index (χ4v) is 3.27. The highest BCUT2D eigenvalue weighted by atomic mass is 19.1. The van der Waals surface area contributed by atoms with Crippen molar-refractivity contribution >= 4 is 23.0 Å². The molecule has 1 fully saturated rings. The summed E-state index contributed by atoms with van der Waals surface area (Å²) < 4.78 is 13.9. The number of amides is 1. The second kappa shape index (κ2) is 8.13. The Balaban J connectivity index is 1.53. The lowest BCUT2D eigenvalue weighted by Crippen LogP contribution is -3.15.